The Bertz CT molecular complexity index is 1280. The van der Waals surface area contributed by atoms with E-state index in [1.807, 2.05) is 24.3 Å². The lowest BCUT2D eigenvalue weighted by Crippen LogP contribution is -2.53. The highest BCUT2D eigenvalue weighted by molar-refractivity contribution is 6.42. The highest BCUT2D eigenvalue weighted by Gasteiger charge is 2.43. The van der Waals surface area contributed by atoms with Crippen LogP contribution in [-0.4, -0.2) is 51.9 Å². The van der Waals surface area contributed by atoms with E-state index in [0.717, 1.165) is 11.1 Å². The molecule has 1 fully saturated rings. The Labute approximate surface area is 211 Å². The Morgan fingerprint density at radius 3 is 2.40 bits per heavy atom. The third-order valence-corrected chi connectivity index (χ3v) is 6.37. The predicted octanol–water partition coefficient (Wildman–Crippen LogP) is 2.99. The van der Waals surface area contributed by atoms with Crippen molar-refractivity contribution in [2.75, 3.05) is 13.1 Å². The first-order chi connectivity index (χ1) is 16.8. The number of amides is 3. The largest absolute Gasteiger partial charge is 0.361 e. The average Bonchev–Trinajstić information content (AvgIpc) is 3.50. The van der Waals surface area contributed by atoms with Gasteiger partial charge < -0.3 is 25.4 Å². The summed E-state index contributed by atoms with van der Waals surface area (Å²) in [7, 11) is 0. The summed E-state index contributed by atoms with van der Waals surface area (Å²) >= 11 is 12.1. The smallest absolute Gasteiger partial charge is 0.278 e. The summed E-state index contributed by atoms with van der Waals surface area (Å²) in [4.78, 5) is 42.5. The summed E-state index contributed by atoms with van der Waals surface area (Å²) in [5.74, 6) is -1.03. The lowest BCUT2D eigenvalue weighted by molar-refractivity contribution is -0.128. The van der Waals surface area contributed by atoms with E-state index in [1.165, 1.54) is 34.1 Å². The second kappa shape index (κ2) is 10.5. The molecule has 4 rings (SSSR count). The van der Waals surface area contributed by atoms with E-state index in [-0.39, 0.29) is 35.9 Å². The van der Waals surface area contributed by atoms with E-state index in [1.54, 1.807) is 6.92 Å². The van der Waals surface area contributed by atoms with Crippen LogP contribution >= 0.6 is 23.2 Å². The van der Waals surface area contributed by atoms with Gasteiger partial charge in [-0.2, -0.15) is 0 Å². The highest BCUT2D eigenvalue weighted by Crippen LogP contribution is 2.26. The number of nitrogens with one attached hydrogen (secondary N) is 1. The molecule has 0 radical (unpaired) electrons. The van der Waals surface area contributed by atoms with E-state index < -0.39 is 23.9 Å². The zero-order valence-electron chi connectivity index (χ0n) is 18.8. The molecule has 0 aliphatic carbocycles. The number of hydrogen-bond donors (Lipinski definition) is 2. The monoisotopic (exact) mass is 515 g/mol. The molecule has 0 bridgehead atoms. The SMILES string of the molecule is Cc1cc(C(=O)N2CCN(C(=O)c3ccc(Cl)c(Cl)c3)C2C(=O)NCc2cccc(CN)c2)no1. The van der Waals surface area contributed by atoms with Gasteiger partial charge in [0.2, 0.25) is 0 Å². The molecule has 182 valence electrons. The Morgan fingerprint density at radius 1 is 1.03 bits per heavy atom. The van der Waals surface area contributed by atoms with Crippen LogP contribution < -0.4 is 11.1 Å². The maximum atomic E-state index is 13.4. The van der Waals surface area contributed by atoms with E-state index in [9.17, 15) is 14.4 Å². The number of halogens is 2. The fourth-order valence-electron chi connectivity index (χ4n) is 3.89. The van der Waals surface area contributed by atoms with E-state index in [4.69, 9.17) is 33.5 Å². The van der Waals surface area contributed by atoms with Crippen molar-refractivity contribution in [3.8, 4) is 0 Å². The van der Waals surface area contributed by atoms with Crippen molar-refractivity contribution in [1.82, 2.24) is 20.3 Å². The molecule has 11 heteroatoms. The Morgan fingerprint density at radius 2 is 1.74 bits per heavy atom. The number of aryl methyl sites for hydroxylation is 1. The van der Waals surface area contributed by atoms with Crippen molar-refractivity contribution < 1.29 is 18.9 Å². The molecule has 1 aromatic heterocycles. The van der Waals surface area contributed by atoms with Crippen LogP contribution in [0.3, 0.4) is 0 Å². The van der Waals surface area contributed by atoms with Gasteiger partial charge in [0.25, 0.3) is 17.7 Å². The minimum atomic E-state index is -1.20. The number of nitrogens with zero attached hydrogens (tertiary/aromatic N) is 3. The first-order valence-electron chi connectivity index (χ1n) is 10.8. The maximum absolute atomic E-state index is 13.4. The van der Waals surface area contributed by atoms with Crippen molar-refractivity contribution in [3.63, 3.8) is 0 Å². The summed E-state index contributed by atoms with van der Waals surface area (Å²) in [5, 5.41) is 7.12. The van der Waals surface area contributed by atoms with Gasteiger partial charge >= 0.3 is 0 Å². The van der Waals surface area contributed by atoms with E-state index in [0.29, 0.717) is 17.3 Å². The van der Waals surface area contributed by atoms with Crippen molar-refractivity contribution in [2.45, 2.75) is 26.2 Å². The van der Waals surface area contributed by atoms with Crippen LogP contribution in [0.15, 0.2) is 53.1 Å². The van der Waals surface area contributed by atoms with Gasteiger partial charge in [-0.15, -0.1) is 0 Å². The van der Waals surface area contributed by atoms with Gasteiger partial charge in [0.15, 0.2) is 11.9 Å². The molecule has 3 N–H and O–H groups in total. The number of rotatable bonds is 6. The molecule has 1 saturated heterocycles. The third kappa shape index (κ3) is 5.32. The summed E-state index contributed by atoms with van der Waals surface area (Å²) < 4.78 is 5.02. The molecule has 0 saturated carbocycles. The van der Waals surface area contributed by atoms with Crippen molar-refractivity contribution in [2.24, 2.45) is 5.73 Å². The molecule has 2 heterocycles. The van der Waals surface area contributed by atoms with Crippen LogP contribution in [0.25, 0.3) is 0 Å². The molecule has 35 heavy (non-hydrogen) atoms. The zero-order chi connectivity index (χ0) is 25.1. The minimum Gasteiger partial charge on any atom is -0.361 e. The van der Waals surface area contributed by atoms with Crippen LogP contribution in [-0.2, 0) is 17.9 Å². The Hall–Kier alpha value is -3.40. The Balaban J connectivity index is 1.60. The van der Waals surface area contributed by atoms with Crippen LogP contribution in [0.4, 0.5) is 0 Å². The van der Waals surface area contributed by atoms with Crippen LogP contribution in [0, 0.1) is 6.92 Å². The lowest BCUT2D eigenvalue weighted by atomic mass is 10.1. The average molecular weight is 516 g/mol. The maximum Gasteiger partial charge on any atom is 0.278 e. The topological polar surface area (TPSA) is 122 Å². The molecular weight excluding hydrogens is 493 g/mol. The molecule has 2 aromatic carbocycles. The summed E-state index contributed by atoms with van der Waals surface area (Å²) in [6, 6.07) is 13.4. The van der Waals surface area contributed by atoms with Crippen LogP contribution in [0.1, 0.15) is 37.7 Å². The molecular formula is C24H23Cl2N5O4. The third-order valence-electron chi connectivity index (χ3n) is 5.64. The second-order valence-electron chi connectivity index (χ2n) is 8.06. The number of nitrogens with two attached hydrogens (primary N) is 1. The molecule has 1 aliphatic heterocycles. The quantitative estimate of drug-likeness (QED) is 0.520. The molecule has 1 unspecified atom stereocenters. The second-order valence-corrected chi connectivity index (χ2v) is 8.88. The fraction of sp³-hybridized carbons (Fsp3) is 0.250. The summed E-state index contributed by atoms with van der Waals surface area (Å²) in [6.07, 6.45) is -1.20. The van der Waals surface area contributed by atoms with Crippen molar-refractivity contribution in [3.05, 3.63) is 86.7 Å². The molecule has 3 aromatic rings. The molecule has 1 atom stereocenters. The first-order valence-corrected chi connectivity index (χ1v) is 11.6. The molecule has 0 spiro atoms. The van der Waals surface area contributed by atoms with Gasteiger partial charge in [0, 0.05) is 37.8 Å². The van der Waals surface area contributed by atoms with Gasteiger partial charge in [0.1, 0.15) is 5.76 Å². The summed E-state index contributed by atoms with van der Waals surface area (Å²) in [5.41, 5.74) is 7.77. The predicted molar refractivity (Wildman–Crippen MR) is 130 cm³/mol. The summed E-state index contributed by atoms with van der Waals surface area (Å²) in [6.45, 7) is 2.51. The standard InChI is InChI=1S/C24H23Cl2N5O4/c1-14-9-20(29-35-14)24(34)31-8-7-30(23(33)17-5-6-18(25)19(26)11-17)22(31)21(32)28-13-16-4-2-3-15(10-16)12-27/h2-6,9-11,22H,7-8,12-13,27H2,1H3,(H,28,32). The zero-order valence-corrected chi connectivity index (χ0v) is 20.3. The number of aromatic nitrogens is 1. The van der Waals surface area contributed by atoms with Gasteiger partial charge in [0.05, 0.1) is 10.0 Å². The fourth-order valence-corrected chi connectivity index (χ4v) is 4.19. The van der Waals surface area contributed by atoms with Crippen LogP contribution in [0.5, 0.6) is 0 Å². The first kappa shape index (κ1) is 24.7. The van der Waals surface area contributed by atoms with Crippen molar-refractivity contribution >= 4 is 40.9 Å². The van der Waals surface area contributed by atoms with Crippen molar-refractivity contribution in [1.29, 1.82) is 0 Å². The number of benzene rings is 2. The minimum absolute atomic E-state index is 0.0554. The van der Waals surface area contributed by atoms with Gasteiger partial charge in [-0.25, -0.2) is 0 Å². The molecule has 9 nitrogen and oxygen atoms in total. The number of carbonyl (C=O) groups excluding carboxylic acids is 3. The number of carbonyl (C=O) groups is 3. The lowest BCUT2D eigenvalue weighted by Gasteiger charge is -2.29. The van der Waals surface area contributed by atoms with Gasteiger partial charge in [-0.05, 0) is 36.2 Å². The van der Waals surface area contributed by atoms with Gasteiger partial charge in [-0.3, -0.25) is 14.4 Å². The van der Waals surface area contributed by atoms with E-state index >= 15 is 0 Å². The Kier molecular flexibility index (Phi) is 7.39. The van der Waals surface area contributed by atoms with Crippen LogP contribution in [0.2, 0.25) is 10.0 Å². The molecule has 1 aliphatic rings. The van der Waals surface area contributed by atoms with E-state index in [2.05, 4.69) is 10.5 Å². The number of hydrogen-bond acceptors (Lipinski definition) is 6. The molecule has 3 amide bonds. The highest BCUT2D eigenvalue weighted by atomic mass is 35.5. The normalized spacial score (nSPS) is 15.4. The van der Waals surface area contributed by atoms with Gasteiger partial charge in [-0.1, -0.05) is 52.6 Å².